The summed E-state index contributed by atoms with van der Waals surface area (Å²) in [6.07, 6.45) is 7.19. The van der Waals surface area contributed by atoms with Gasteiger partial charge in [0.2, 0.25) is 41.4 Å². The topological polar surface area (TPSA) is 162 Å². The lowest BCUT2D eigenvalue weighted by atomic mass is 10.0. The number of unbranched alkanes of at least 4 members (excludes halogenated alkanes) is 3. The van der Waals surface area contributed by atoms with Crippen molar-refractivity contribution >= 4 is 70.6 Å². The van der Waals surface area contributed by atoms with Crippen LogP contribution in [0.5, 0.6) is 0 Å². The van der Waals surface area contributed by atoms with Crippen molar-refractivity contribution in [3.05, 3.63) is 29.8 Å². The van der Waals surface area contributed by atoms with Crippen LogP contribution < -0.4 is 16.0 Å². The summed E-state index contributed by atoms with van der Waals surface area (Å²) in [5.41, 5.74) is 1.82. The van der Waals surface area contributed by atoms with Gasteiger partial charge >= 0.3 is 0 Å². The number of benzene rings is 1. The van der Waals surface area contributed by atoms with Crippen LogP contribution in [0.3, 0.4) is 0 Å². The molecule has 14 heteroatoms. The van der Waals surface area contributed by atoms with E-state index in [0.717, 1.165) is 30.1 Å². The van der Waals surface area contributed by atoms with Gasteiger partial charge in [-0.25, -0.2) is 0 Å². The highest BCUT2D eigenvalue weighted by molar-refractivity contribution is 8.01. The number of carbonyl (C=O) groups excluding carboxylic acids is 7. The van der Waals surface area contributed by atoms with Gasteiger partial charge in [-0.2, -0.15) is 0 Å². The van der Waals surface area contributed by atoms with Crippen LogP contribution in [0.4, 0.5) is 5.69 Å². The lowest BCUT2D eigenvalue weighted by Crippen LogP contribution is -2.54. The zero-order valence-corrected chi connectivity index (χ0v) is 38.5. The molecule has 3 rings (SSSR count). The number of carbonyl (C=O) groups is 7. The monoisotopic (exact) mass is 845 g/mol. The highest BCUT2D eigenvalue weighted by Gasteiger charge is 2.40. The maximum Gasteiger partial charge on any atom is 0.246 e. The summed E-state index contributed by atoms with van der Waals surface area (Å²) in [6, 6.07) is 5.90. The van der Waals surface area contributed by atoms with Crippen molar-refractivity contribution in [1.82, 2.24) is 20.4 Å². The Morgan fingerprint density at radius 3 is 1.66 bits per heavy atom. The quantitative estimate of drug-likeness (QED) is 0.0826. The molecule has 2 unspecified atom stereocenters. The number of amides is 7. The Labute approximate surface area is 356 Å². The van der Waals surface area contributed by atoms with Gasteiger partial charge in [0.1, 0.15) is 12.1 Å². The SMILES string of the molecule is CC(C)CCCCCCN1C(=O)CC(SC(C)C)C1=O.CC(C)Cc1ccc(NC(=O)[C@H](C)NC(=O)[C@@H](NC(=O)CCN2C(=O)CC(SC(C)C)C2=O)C(C)C)cc1. The lowest BCUT2D eigenvalue weighted by Gasteiger charge is -2.24. The molecule has 1 aromatic carbocycles. The second kappa shape index (κ2) is 25.3. The van der Waals surface area contributed by atoms with Crippen molar-refractivity contribution in [2.45, 2.75) is 167 Å². The molecule has 0 bridgehead atoms. The van der Waals surface area contributed by atoms with E-state index in [0.29, 0.717) is 29.8 Å². The van der Waals surface area contributed by atoms with Gasteiger partial charge in [0.25, 0.3) is 0 Å². The Kier molecular flexibility index (Phi) is 22.1. The molecule has 1 aromatic rings. The Morgan fingerprint density at radius 1 is 0.655 bits per heavy atom. The third-order valence-corrected chi connectivity index (χ3v) is 12.1. The van der Waals surface area contributed by atoms with Gasteiger partial charge in [-0.1, -0.05) is 107 Å². The first-order valence-corrected chi connectivity index (χ1v) is 23.1. The predicted octanol–water partition coefficient (Wildman–Crippen LogP) is 6.99. The summed E-state index contributed by atoms with van der Waals surface area (Å²) >= 11 is 3.06. The third kappa shape index (κ3) is 17.8. The third-order valence-electron chi connectivity index (χ3n) is 9.64. The van der Waals surface area contributed by atoms with Crippen molar-refractivity contribution in [2.24, 2.45) is 17.8 Å². The summed E-state index contributed by atoms with van der Waals surface area (Å²) < 4.78 is 0. The van der Waals surface area contributed by atoms with Crippen molar-refractivity contribution in [2.75, 3.05) is 18.4 Å². The summed E-state index contributed by atoms with van der Waals surface area (Å²) in [6.45, 7) is 22.6. The summed E-state index contributed by atoms with van der Waals surface area (Å²) in [7, 11) is 0. The Balaban J connectivity index is 0.000000487. The molecule has 3 N–H and O–H groups in total. The molecule has 2 saturated heterocycles. The Morgan fingerprint density at radius 2 is 1.17 bits per heavy atom. The van der Waals surface area contributed by atoms with Gasteiger partial charge in [0.05, 0.1) is 10.5 Å². The van der Waals surface area contributed by atoms with Crippen LogP contribution in [0.2, 0.25) is 0 Å². The molecule has 326 valence electrons. The number of hydrogen-bond acceptors (Lipinski definition) is 9. The number of nitrogens with zero attached hydrogens (tertiary/aromatic N) is 2. The number of likely N-dealkylation sites (tertiary alicyclic amines) is 2. The molecular formula is C44H71N5O7S2. The fraction of sp³-hybridized carbons (Fsp3) is 0.705. The Hall–Kier alpha value is -3.39. The number of rotatable bonds is 22. The van der Waals surface area contributed by atoms with Crippen molar-refractivity contribution in [3.8, 4) is 0 Å². The van der Waals surface area contributed by atoms with Gasteiger partial charge < -0.3 is 16.0 Å². The highest BCUT2D eigenvalue weighted by atomic mass is 32.2. The van der Waals surface area contributed by atoms with E-state index in [9.17, 15) is 33.6 Å². The number of thioether (sulfide) groups is 2. The second-order valence-corrected chi connectivity index (χ2v) is 20.7. The van der Waals surface area contributed by atoms with Crippen LogP contribution >= 0.6 is 23.5 Å². The molecule has 4 atom stereocenters. The molecule has 0 saturated carbocycles. The standard InChI is InChI=1S/C28H42N4O5S.C16H29NO2S/c1-16(2)14-20-8-10-21(11-9-20)30-26(35)19(7)29-27(36)25(17(3)4)31-23(33)12-13-32-24(34)15-22(28(32)37)38-18(5)6;1-12(2)9-7-5-6-8-10-17-15(18)11-14(16(17)19)20-13(3)4/h8-11,16-19,22,25H,12-15H2,1-7H3,(H,29,36)(H,30,35)(H,31,33);12-14H,5-11H2,1-4H3/t19-,22?,25-;/m0./s1. The molecule has 2 aliphatic rings. The van der Waals surface area contributed by atoms with Crippen LogP contribution in [0.15, 0.2) is 24.3 Å². The van der Waals surface area contributed by atoms with Crippen LogP contribution in [-0.4, -0.2) is 97.3 Å². The van der Waals surface area contributed by atoms with E-state index in [2.05, 4.69) is 57.5 Å². The average Bonchev–Trinajstić information content (AvgIpc) is 3.54. The van der Waals surface area contributed by atoms with Crippen molar-refractivity contribution in [1.29, 1.82) is 0 Å². The number of imide groups is 2. The normalized spacial score (nSPS) is 18.1. The van der Waals surface area contributed by atoms with Gasteiger partial charge in [0, 0.05) is 38.0 Å². The molecule has 0 aliphatic carbocycles. The van der Waals surface area contributed by atoms with Crippen molar-refractivity contribution < 1.29 is 33.6 Å². The average molecular weight is 846 g/mol. The first-order valence-electron chi connectivity index (χ1n) is 21.2. The number of hydrogen-bond donors (Lipinski definition) is 3. The minimum Gasteiger partial charge on any atom is -0.344 e. The van der Waals surface area contributed by atoms with Crippen molar-refractivity contribution in [3.63, 3.8) is 0 Å². The molecule has 0 aromatic heterocycles. The van der Waals surface area contributed by atoms with Gasteiger partial charge in [0.15, 0.2) is 0 Å². The van der Waals surface area contributed by atoms with E-state index in [-0.39, 0.29) is 65.3 Å². The Bertz CT molecular complexity index is 1530. The zero-order valence-electron chi connectivity index (χ0n) is 36.9. The molecule has 7 amide bonds. The van der Waals surface area contributed by atoms with Crippen LogP contribution in [0, 0.1) is 17.8 Å². The lowest BCUT2D eigenvalue weighted by molar-refractivity contribution is -0.140. The molecule has 0 spiro atoms. The van der Waals surface area contributed by atoms with Gasteiger partial charge in [-0.05, 0) is 65.7 Å². The van der Waals surface area contributed by atoms with E-state index >= 15 is 0 Å². The molecule has 58 heavy (non-hydrogen) atoms. The smallest absolute Gasteiger partial charge is 0.246 e. The molecular weight excluding hydrogens is 775 g/mol. The first kappa shape index (κ1) is 50.8. The maximum absolute atomic E-state index is 12.9. The largest absolute Gasteiger partial charge is 0.344 e. The minimum atomic E-state index is -0.873. The molecule has 12 nitrogen and oxygen atoms in total. The summed E-state index contributed by atoms with van der Waals surface area (Å²) in [4.78, 5) is 89.6. The predicted molar refractivity (Wildman–Crippen MR) is 236 cm³/mol. The molecule has 2 fully saturated rings. The fourth-order valence-electron chi connectivity index (χ4n) is 6.63. The number of anilines is 1. The highest BCUT2D eigenvalue weighted by Crippen LogP contribution is 2.29. The van der Waals surface area contributed by atoms with E-state index < -0.39 is 29.1 Å². The second-order valence-electron chi connectivity index (χ2n) is 17.2. The molecule has 2 aliphatic heterocycles. The molecule has 2 heterocycles. The van der Waals surface area contributed by atoms with Gasteiger partial charge in [-0.3, -0.25) is 43.4 Å². The minimum absolute atomic E-state index is 0.0235. The zero-order chi connectivity index (χ0) is 43.7. The van der Waals surface area contributed by atoms with Crippen LogP contribution in [0.1, 0.15) is 133 Å². The van der Waals surface area contributed by atoms with E-state index in [1.165, 1.54) is 41.5 Å². The van der Waals surface area contributed by atoms with Gasteiger partial charge in [-0.15, -0.1) is 23.5 Å². The van der Waals surface area contributed by atoms with Crippen LogP contribution in [0.25, 0.3) is 0 Å². The fourth-order valence-corrected chi connectivity index (χ4v) is 8.91. The first-order chi connectivity index (χ1) is 27.2. The molecule has 0 radical (unpaired) electrons. The maximum atomic E-state index is 12.9. The van der Waals surface area contributed by atoms with E-state index in [4.69, 9.17) is 0 Å². The number of nitrogens with one attached hydrogen (secondary N) is 3. The summed E-state index contributed by atoms with van der Waals surface area (Å²) in [5.74, 6) is -0.734. The van der Waals surface area contributed by atoms with E-state index in [1.807, 2.05) is 38.1 Å². The van der Waals surface area contributed by atoms with Crippen LogP contribution in [-0.2, 0) is 40.0 Å². The summed E-state index contributed by atoms with van der Waals surface area (Å²) in [5, 5.41) is 8.23. The van der Waals surface area contributed by atoms with E-state index in [1.54, 1.807) is 32.5 Å².